The highest BCUT2D eigenvalue weighted by molar-refractivity contribution is 6.30. The van der Waals surface area contributed by atoms with Crippen LogP contribution in [0.3, 0.4) is 0 Å². The third kappa shape index (κ3) is 1.81. The molecule has 2 aromatic carbocycles. The van der Waals surface area contributed by atoms with E-state index in [0.717, 1.165) is 5.56 Å². The van der Waals surface area contributed by atoms with Gasteiger partial charge in [0.05, 0.1) is 11.1 Å². The van der Waals surface area contributed by atoms with Crippen LogP contribution >= 0.6 is 11.6 Å². The number of halogens is 1. The third-order valence-electron chi connectivity index (χ3n) is 3.67. The number of hydrogen-bond donors (Lipinski definition) is 2. The van der Waals surface area contributed by atoms with Crippen molar-refractivity contribution in [2.24, 2.45) is 0 Å². The molecular weight excluding hydrogens is 302 g/mol. The van der Waals surface area contributed by atoms with Gasteiger partial charge in [-0.25, -0.2) is 4.79 Å². The number of fused-ring (bicyclic) bond motifs is 3. The first kappa shape index (κ1) is 13.0. The van der Waals surface area contributed by atoms with Crippen LogP contribution in [0.2, 0.25) is 5.02 Å². The summed E-state index contributed by atoms with van der Waals surface area (Å²) in [5, 5.41) is 12.3. The fraction of sp³-hybridized carbons (Fsp3) is 0. The molecule has 4 nitrogen and oxygen atoms in total. The van der Waals surface area contributed by atoms with Gasteiger partial charge in [0, 0.05) is 16.0 Å². The largest absolute Gasteiger partial charge is 0.505 e. The van der Waals surface area contributed by atoms with Gasteiger partial charge in [-0.05, 0) is 18.2 Å². The predicted molar refractivity (Wildman–Crippen MR) is 86.5 cm³/mol. The van der Waals surface area contributed by atoms with Gasteiger partial charge in [-0.15, -0.1) is 0 Å². The Bertz CT molecular complexity index is 1060. The van der Waals surface area contributed by atoms with Crippen molar-refractivity contribution < 1.29 is 9.52 Å². The number of H-pyrrole nitrogens is 1. The molecule has 0 saturated carbocycles. The number of aromatic amines is 1. The zero-order valence-corrected chi connectivity index (χ0v) is 12.0. The van der Waals surface area contributed by atoms with E-state index in [1.807, 2.05) is 6.07 Å². The van der Waals surface area contributed by atoms with Gasteiger partial charge >= 0.3 is 5.63 Å². The van der Waals surface area contributed by atoms with E-state index >= 15 is 0 Å². The van der Waals surface area contributed by atoms with Gasteiger partial charge < -0.3 is 14.5 Å². The molecule has 0 radical (unpaired) electrons. The Balaban J connectivity index is 2.13. The molecule has 2 N–H and O–H groups in total. The van der Waals surface area contributed by atoms with E-state index in [1.54, 1.807) is 42.5 Å². The highest BCUT2D eigenvalue weighted by atomic mass is 35.5. The average molecular weight is 312 g/mol. The number of para-hydroxylation sites is 1. The van der Waals surface area contributed by atoms with Crippen molar-refractivity contribution in [2.75, 3.05) is 0 Å². The van der Waals surface area contributed by atoms with Crippen molar-refractivity contribution in [1.29, 1.82) is 0 Å². The molecule has 0 aliphatic carbocycles. The minimum atomic E-state index is -0.510. The maximum atomic E-state index is 12.1. The number of nitrogens with one attached hydrogen (secondary N) is 1. The molecule has 0 saturated heterocycles. The quantitative estimate of drug-likeness (QED) is 0.515. The number of aromatic hydroxyl groups is 1. The van der Waals surface area contributed by atoms with Crippen molar-refractivity contribution in [2.45, 2.75) is 0 Å². The molecule has 4 rings (SSSR count). The van der Waals surface area contributed by atoms with E-state index < -0.39 is 5.63 Å². The minimum absolute atomic E-state index is 0.0291. The Morgan fingerprint density at radius 1 is 1.05 bits per heavy atom. The summed E-state index contributed by atoms with van der Waals surface area (Å²) < 4.78 is 5.28. The highest BCUT2D eigenvalue weighted by Gasteiger charge is 2.18. The van der Waals surface area contributed by atoms with E-state index in [1.165, 1.54) is 0 Å². The van der Waals surface area contributed by atoms with Crippen LogP contribution in [-0.4, -0.2) is 10.1 Å². The van der Waals surface area contributed by atoms with Crippen molar-refractivity contribution in [3.63, 3.8) is 0 Å². The molecule has 0 atom stereocenters. The summed E-state index contributed by atoms with van der Waals surface area (Å²) in [5.74, 6) is 0.0291. The SMILES string of the molecule is O=c1oc2ccccc2c2c(O)c(-c3ccc(Cl)cc3)[nH]c12. The zero-order valence-electron chi connectivity index (χ0n) is 11.3. The number of benzene rings is 2. The highest BCUT2D eigenvalue weighted by Crippen LogP contribution is 2.38. The molecule has 108 valence electrons. The van der Waals surface area contributed by atoms with Crippen LogP contribution in [0.5, 0.6) is 5.75 Å². The maximum absolute atomic E-state index is 12.1. The first-order chi connectivity index (χ1) is 10.6. The Morgan fingerprint density at radius 2 is 1.77 bits per heavy atom. The minimum Gasteiger partial charge on any atom is -0.505 e. The molecule has 0 spiro atoms. The first-order valence-corrected chi connectivity index (χ1v) is 7.05. The van der Waals surface area contributed by atoms with Crippen LogP contribution in [0.25, 0.3) is 33.1 Å². The normalized spacial score (nSPS) is 11.3. The molecule has 0 unspecified atom stereocenters. The van der Waals surface area contributed by atoms with Gasteiger partial charge in [-0.2, -0.15) is 0 Å². The van der Waals surface area contributed by atoms with Crippen molar-refractivity contribution >= 4 is 33.5 Å². The molecule has 0 bridgehead atoms. The summed E-state index contributed by atoms with van der Waals surface area (Å²) >= 11 is 5.88. The Hall–Kier alpha value is -2.72. The monoisotopic (exact) mass is 311 g/mol. The summed E-state index contributed by atoms with van der Waals surface area (Å²) in [6, 6.07) is 14.1. The Labute approximate surface area is 129 Å². The average Bonchev–Trinajstić information content (AvgIpc) is 2.87. The molecule has 0 aliphatic rings. The Kier molecular flexibility index (Phi) is 2.74. The lowest BCUT2D eigenvalue weighted by Gasteiger charge is -2.00. The standard InChI is InChI=1S/C17H10ClNO3/c18-10-7-5-9(6-8-10)14-16(20)13-11-3-1-2-4-12(11)22-17(21)15(13)19-14/h1-8,19-20H. The fourth-order valence-electron chi connectivity index (χ4n) is 2.64. The Morgan fingerprint density at radius 3 is 2.55 bits per heavy atom. The lowest BCUT2D eigenvalue weighted by Crippen LogP contribution is -1.99. The van der Waals surface area contributed by atoms with Crippen molar-refractivity contribution in [3.8, 4) is 17.0 Å². The van der Waals surface area contributed by atoms with Gasteiger partial charge in [0.25, 0.3) is 0 Å². The van der Waals surface area contributed by atoms with Crippen LogP contribution in [-0.2, 0) is 0 Å². The summed E-state index contributed by atoms with van der Waals surface area (Å²) in [6.45, 7) is 0. The van der Waals surface area contributed by atoms with Crippen LogP contribution < -0.4 is 5.63 Å². The summed E-state index contributed by atoms with van der Waals surface area (Å²) in [4.78, 5) is 15.1. The van der Waals surface area contributed by atoms with E-state index in [4.69, 9.17) is 16.0 Å². The van der Waals surface area contributed by atoms with Crippen LogP contribution in [0.15, 0.2) is 57.7 Å². The van der Waals surface area contributed by atoms with Crippen molar-refractivity contribution in [1.82, 2.24) is 4.98 Å². The lowest BCUT2D eigenvalue weighted by atomic mass is 10.1. The predicted octanol–water partition coefficient (Wildman–Crippen LogP) is 4.30. The summed E-state index contributed by atoms with van der Waals surface area (Å²) in [5.41, 5.74) is 1.39. The second-order valence-corrected chi connectivity index (χ2v) is 5.43. The smallest absolute Gasteiger partial charge is 0.360 e. The molecule has 4 aromatic rings. The molecule has 5 heteroatoms. The molecule has 0 amide bonds. The molecule has 0 aliphatic heterocycles. The third-order valence-corrected chi connectivity index (χ3v) is 3.92. The van der Waals surface area contributed by atoms with E-state index in [9.17, 15) is 9.90 Å². The van der Waals surface area contributed by atoms with Gasteiger partial charge in [-0.3, -0.25) is 0 Å². The zero-order chi connectivity index (χ0) is 15.3. The summed E-state index contributed by atoms with van der Waals surface area (Å²) in [6.07, 6.45) is 0. The first-order valence-electron chi connectivity index (χ1n) is 6.67. The fourth-order valence-corrected chi connectivity index (χ4v) is 2.77. The number of aromatic nitrogens is 1. The molecule has 2 aromatic heterocycles. The summed E-state index contributed by atoms with van der Waals surface area (Å²) in [7, 11) is 0. The molecular formula is C17H10ClNO3. The maximum Gasteiger partial charge on any atom is 0.360 e. The lowest BCUT2D eigenvalue weighted by molar-refractivity contribution is 0.483. The second-order valence-electron chi connectivity index (χ2n) is 4.99. The topological polar surface area (TPSA) is 66.2 Å². The number of hydrogen-bond acceptors (Lipinski definition) is 3. The number of rotatable bonds is 1. The van der Waals surface area contributed by atoms with Crippen molar-refractivity contribution in [3.05, 3.63) is 64.0 Å². The van der Waals surface area contributed by atoms with Crippen LogP contribution in [0.4, 0.5) is 0 Å². The molecule has 0 fully saturated rings. The van der Waals surface area contributed by atoms with Gasteiger partial charge in [0.2, 0.25) is 0 Å². The van der Waals surface area contributed by atoms with E-state index in [2.05, 4.69) is 4.98 Å². The van der Waals surface area contributed by atoms with E-state index in [-0.39, 0.29) is 11.3 Å². The van der Waals surface area contributed by atoms with Gasteiger partial charge in [-0.1, -0.05) is 41.9 Å². The van der Waals surface area contributed by atoms with Gasteiger partial charge in [0.15, 0.2) is 0 Å². The second kappa shape index (κ2) is 4.64. The van der Waals surface area contributed by atoms with Crippen LogP contribution in [0, 0.1) is 0 Å². The van der Waals surface area contributed by atoms with Gasteiger partial charge in [0.1, 0.15) is 16.8 Å². The van der Waals surface area contributed by atoms with E-state index in [0.29, 0.717) is 27.1 Å². The van der Waals surface area contributed by atoms with Crippen LogP contribution in [0.1, 0.15) is 0 Å². The molecule has 2 heterocycles. The molecule has 22 heavy (non-hydrogen) atoms.